The van der Waals surface area contributed by atoms with Gasteiger partial charge in [0.15, 0.2) is 0 Å². The Morgan fingerprint density at radius 1 is 1.77 bits per heavy atom. The van der Waals surface area contributed by atoms with Gasteiger partial charge in [-0.1, -0.05) is 0 Å². The van der Waals surface area contributed by atoms with Crippen LogP contribution < -0.4 is 5.73 Å². The number of carbonyl (C=O) groups is 2. The summed E-state index contributed by atoms with van der Waals surface area (Å²) >= 11 is 0. The average molecular weight is 209 g/mol. The lowest BCUT2D eigenvalue weighted by Crippen LogP contribution is -2.43. The molecule has 2 atom stereocenters. The van der Waals surface area contributed by atoms with Crippen LogP contribution in [0.5, 0.6) is 0 Å². The molecule has 0 aromatic carbocycles. The minimum atomic E-state index is -0.988. The molecule has 0 radical (unpaired) electrons. The number of hydrogen-bond acceptors (Lipinski definition) is 3. The Hall–Kier alpha value is -0.810. The highest BCUT2D eigenvalue weighted by Crippen LogP contribution is 2.12. The number of halogens is 1. The third kappa shape index (κ3) is 2.32. The van der Waals surface area contributed by atoms with Crippen molar-refractivity contribution in [1.29, 1.82) is 0 Å². The number of aliphatic carboxylic acids is 1. The van der Waals surface area contributed by atoms with Gasteiger partial charge in [-0.2, -0.15) is 0 Å². The molecule has 3 N–H and O–H groups in total. The van der Waals surface area contributed by atoms with Crippen molar-refractivity contribution in [1.82, 2.24) is 4.90 Å². The fraction of sp³-hybridized carbons (Fsp3) is 0.714. The molecule has 76 valence electrons. The molecule has 0 spiro atoms. The normalized spacial score (nSPS) is 24.0. The predicted octanol–water partition coefficient (Wildman–Crippen LogP) is -0.559. The molecule has 1 rings (SSSR count). The molecule has 1 amide bonds. The first-order valence-corrected chi connectivity index (χ1v) is 3.83. The van der Waals surface area contributed by atoms with Gasteiger partial charge in [0, 0.05) is 6.54 Å². The standard InChI is InChI=1S/C7H12N2O3.ClH/c1-4(7(11)12)9-3-2-5(8)6(9)10;/h4-5H,2-3,8H2,1H3,(H,11,12);1H/t4-,5-;/m0./s1. The number of nitrogens with zero attached hydrogens (tertiary/aromatic N) is 1. The Labute approximate surface area is 82.3 Å². The quantitative estimate of drug-likeness (QED) is 0.637. The van der Waals surface area contributed by atoms with Crippen LogP contribution >= 0.6 is 12.4 Å². The molecule has 1 aliphatic heterocycles. The topological polar surface area (TPSA) is 83.6 Å². The molecule has 6 heteroatoms. The molecule has 1 saturated heterocycles. The third-order valence-corrected chi connectivity index (χ3v) is 2.11. The van der Waals surface area contributed by atoms with Crippen LogP contribution in [-0.4, -0.2) is 40.5 Å². The number of hydrogen-bond donors (Lipinski definition) is 2. The van der Waals surface area contributed by atoms with Crippen molar-refractivity contribution >= 4 is 24.3 Å². The van der Waals surface area contributed by atoms with E-state index in [9.17, 15) is 9.59 Å². The van der Waals surface area contributed by atoms with Crippen LogP contribution in [0.1, 0.15) is 13.3 Å². The van der Waals surface area contributed by atoms with E-state index in [1.54, 1.807) is 0 Å². The van der Waals surface area contributed by atoms with Crippen molar-refractivity contribution in [2.24, 2.45) is 5.73 Å². The van der Waals surface area contributed by atoms with Gasteiger partial charge in [-0.3, -0.25) is 4.79 Å². The van der Waals surface area contributed by atoms with E-state index in [0.717, 1.165) is 0 Å². The zero-order chi connectivity index (χ0) is 9.30. The molecule has 13 heavy (non-hydrogen) atoms. The van der Waals surface area contributed by atoms with Crippen molar-refractivity contribution < 1.29 is 14.7 Å². The Bertz CT molecular complexity index is 222. The summed E-state index contributed by atoms with van der Waals surface area (Å²) in [6, 6.07) is -1.27. The van der Waals surface area contributed by atoms with E-state index >= 15 is 0 Å². The second kappa shape index (κ2) is 4.43. The molecule has 5 nitrogen and oxygen atoms in total. The minimum Gasteiger partial charge on any atom is -0.480 e. The molecule has 0 aromatic rings. The smallest absolute Gasteiger partial charge is 0.326 e. The van der Waals surface area contributed by atoms with E-state index in [0.29, 0.717) is 13.0 Å². The van der Waals surface area contributed by atoms with Crippen LogP contribution in [0.15, 0.2) is 0 Å². The van der Waals surface area contributed by atoms with E-state index in [2.05, 4.69) is 0 Å². The van der Waals surface area contributed by atoms with Crippen molar-refractivity contribution in [3.8, 4) is 0 Å². The number of carboxylic acid groups (broad SMARTS) is 1. The largest absolute Gasteiger partial charge is 0.480 e. The third-order valence-electron chi connectivity index (χ3n) is 2.11. The van der Waals surface area contributed by atoms with Gasteiger partial charge in [-0.15, -0.1) is 12.4 Å². The van der Waals surface area contributed by atoms with Gasteiger partial charge in [0.2, 0.25) is 5.91 Å². The van der Waals surface area contributed by atoms with Gasteiger partial charge in [-0.05, 0) is 13.3 Å². The summed E-state index contributed by atoms with van der Waals surface area (Å²) in [7, 11) is 0. The van der Waals surface area contributed by atoms with Crippen molar-refractivity contribution in [2.45, 2.75) is 25.4 Å². The van der Waals surface area contributed by atoms with Crippen molar-refractivity contribution in [2.75, 3.05) is 6.54 Å². The molecule has 0 bridgehead atoms. The predicted molar refractivity (Wildman–Crippen MR) is 48.7 cm³/mol. The molecule has 1 heterocycles. The summed E-state index contributed by atoms with van der Waals surface area (Å²) in [5, 5.41) is 8.61. The number of amides is 1. The molecule has 0 unspecified atom stereocenters. The van der Waals surface area contributed by atoms with Crippen LogP contribution in [-0.2, 0) is 9.59 Å². The van der Waals surface area contributed by atoms with Gasteiger partial charge < -0.3 is 15.7 Å². The first-order chi connectivity index (χ1) is 5.54. The van der Waals surface area contributed by atoms with Crippen LogP contribution in [0.25, 0.3) is 0 Å². The molecular formula is C7H13ClN2O3. The Balaban J connectivity index is 0.00000144. The fourth-order valence-corrected chi connectivity index (χ4v) is 1.24. The molecular weight excluding hydrogens is 196 g/mol. The van der Waals surface area contributed by atoms with Crippen LogP contribution in [0.3, 0.4) is 0 Å². The first-order valence-electron chi connectivity index (χ1n) is 3.83. The van der Waals surface area contributed by atoms with Crippen molar-refractivity contribution in [3.05, 3.63) is 0 Å². The zero-order valence-corrected chi connectivity index (χ0v) is 8.08. The Morgan fingerprint density at radius 2 is 2.31 bits per heavy atom. The molecule has 0 aromatic heterocycles. The summed E-state index contributed by atoms with van der Waals surface area (Å²) in [6.45, 7) is 1.94. The lowest BCUT2D eigenvalue weighted by molar-refractivity contribution is -0.147. The summed E-state index contributed by atoms with van der Waals surface area (Å²) in [4.78, 5) is 23.0. The number of likely N-dealkylation sites (tertiary alicyclic amines) is 1. The molecule has 0 aliphatic carbocycles. The van der Waals surface area contributed by atoms with Crippen molar-refractivity contribution in [3.63, 3.8) is 0 Å². The van der Waals surface area contributed by atoms with E-state index in [4.69, 9.17) is 10.8 Å². The SMILES string of the molecule is C[C@@H](C(=O)O)N1CC[C@H](N)C1=O.Cl. The Kier molecular flexibility index (Phi) is 4.16. The summed E-state index contributed by atoms with van der Waals surface area (Å²) in [6.07, 6.45) is 0.552. The number of carbonyl (C=O) groups excluding carboxylic acids is 1. The number of nitrogens with two attached hydrogens (primary N) is 1. The monoisotopic (exact) mass is 208 g/mol. The molecule has 1 aliphatic rings. The lowest BCUT2D eigenvalue weighted by atomic mass is 10.3. The Morgan fingerprint density at radius 3 is 2.62 bits per heavy atom. The number of carboxylic acids is 1. The van der Waals surface area contributed by atoms with E-state index in [1.807, 2.05) is 0 Å². The van der Waals surface area contributed by atoms with Crippen LogP contribution in [0, 0.1) is 0 Å². The second-order valence-corrected chi connectivity index (χ2v) is 2.94. The minimum absolute atomic E-state index is 0. The number of rotatable bonds is 2. The van der Waals surface area contributed by atoms with Gasteiger partial charge in [-0.25, -0.2) is 4.79 Å². The van der Waals surface area contributed by atoms with E-state index in [1.165, 1.54) is 11.8 Å². The maximum absolute atomic E-state index is 11.2. The zero-order valence-electron chi connectivity index (χ0n) is 7.27. The summed E-state index contributed by atoms with van der Waals surface area (Å²) in [5.74, 6) is -1.25. The second-order valence-electron chi connectivity index (χ2n) is 2.94. The maximum atomic E-state index is 11.2. The van der Waals surface area contributed by atoms with Gasteiger partial charge >= 0.3 is 5.97 Å². The summed E-state index contributed by atoms with van der Waals surface area (Å²) in [5.41, 5.74) is 5.42. The highest BCUT2D eigenvalue weighted by atomic mass is 35.5. The summed E-state index contributed by atoms with van der Waals surface area (Å²) < 4.78 is 0. The van der Waals surface area contributed by atoms with E-state index in [-0.39, 0.29) is 18.3 Å². The highest BCUT2D eigenvalue weighted by molar-refractivity contribution is 5.88. The molecule has 0 saturated carbocycles. The fourth-order valence-electron chi connectivity index (χ4n) is 1.24. The first kappa shape index (κ1) is 12.2. The van der Waals surface area contributed by atoms with E-state index < -0.39 is 18.1 Å². The van der Waals surface area contributed by atoms with Gasteiger partial charge in [0.1, 0.15) is 6.04 Å². The van der Waals surface area contributed by atoms with Gasteiger partial charge in [0.25, 0.3) is 0 Å². The molecule has 1 fully saturated rings. The highest BCUT2D eigenvalue weighted by Gasteiger charge is 2.34. The average Bonchev–Trinajstić information content (AvgIpc) is 2.32. The van der Waals surface area contributed by atoms with Gasteiger partial charge in [0.05, 0.1) is 6.04 Å². The maximum Gasteiger partial charge on any atom is 0.326 e. The van der Waals surface area contributed by atoms with Crippen LogP contribution in [0.4, 0.5) is 0 Å². The lowest BCUT2D eigenvalue weighted by Gasteiger charge is -2.20. The van der Waals surface area contributed by atoms with Crippen LogP contribution in [0.2, 0.25) is 0 Å².